The number of methoxy groups -OCH3 is 1. The second-order valence-corrected chi connectivity index (χ2v) is 6.67. The maximum atomic E-state index is 11.2. The summed E-state index contributed by atoms with van der Waals surface area (Å²) in [4.78, 5) is 19.0. The van der Waals surface area contributed by atoms with Crippen LogP contribution in [0.3, 0.4) is 0 Å². The van der Waals surface area contributed by atoms with Crippen molar-refractivity contribution in [3.05, 3.63) is 10.6 Å². The predicted octanol–water partition coefficient (Wildman–Crippen LogP) is 3.33. The first kappa shape index (κ1) is 15.4. The van der Waals surface area contributed by atoms with Crippen LogP contribution in [0.1, 0.15) is 54.9 Å². The van der Waals surface area contributed by atoms with Crippen LogP contribution in [0.25, 0.3) is 0 Å². The van der Waals surface area contributed by atoms with Crippen LogP contribution < -0.4 is 4.90 Å². The Labute approximate surface area is 125 Å². The Balaban J connectivity index is 2.20. The van der Waals surface area contributed by atoms with Crippen molar-refractivity contribution in [3.63, 3.8) is 0 Å². The molecule has 3 atom stereocenters. The maximum absolute atomic E-state index is 11.2. The van der Waals surface area contributed by atoms with E-state index >= 15 is 0 Å². The molecule has 0 saturated carbocycles. The number of hydrogen-bond donors (Lipinski definition) is 0. The summed E-state index contributed by atoms with van der Waals surface area (Å²) in [5, 5.41) is 0.969. The van der Waals surface area contributed by atoms with Gasteiger partial charge in [0.25, 0.3) is 0 Å². The zero-order valence-electron chi connectivity index (χ0n) is 12.8. The Bertz CT molecular complexity index is 461. The van der Waals surface area contributed by atoms with Crippen molar-refractivity contribution in [2.45, 2.75) is 45.6 Å². The summed E-state index contributed by atoms with van der Waals surface area (Å²) in [5.41, 5.74) is 0.954. The number of aldehydes is 1. The lowest BCUT2D eigenvalue weighted by Crippen LogP contribution is -2.43. The van der Waals surface area contributed by atoms with Crippen LogP contribution in [0.4, 0.5) is 5.13 Å². The quantitative estimate of drug-likeness (QED) is 0.782. The van der Waals surface area contributed by atoms with Gasteiger partial charge in [0.2, 0.25) is 0 Å². The topological polar surface area (TPSA) is 42.4 Å². The number of thiazole rings is 1. The van der Waals surface area contributed by atoms with Gasteiger partial charge in [-0.3, -0.25) is 4.79 Å². The van der Waals surface area contributed by atoms with Gasteiger partial charge in [-0.2, -0.15) is 0 Å². The molecule has 0 aromatic carbocycles. The van der Waals surface area contributed by atoms with Gasteiger partial charge in [0.05, 0.1) is 16.7 Å². The third-order valence-corrected chi connectivity index (χ3v) is 5.38. The predicted molar refractivity (Wildman–Crippen MR) is 83.0 cm³/mol. The highest BCUT2D eigenvalue weighted by Gasteiger charge is 2.28. The van der Waals surface area contributed by atoms with Crippen molar-refractivity contribution in [3.8, 4) is 0 Å². The zero-order chi connectivity index (χ0) is 14.7. The maximum Gasteiger partial charge on any atom is 0.186 e. The Kier molecular flexibility index (Phi) is 5.16. The highest BCUT2D eigenvalue weighted by atomic mass is 32.1. The molecule has 0 radical (unpaired) electrons. The molecule has 4 nitrogen and oxygen atoms in total. The van der Waals surface area contributed by atoms with Gasteiger partial charge in [0.1, 0.15) is 0 Å². The number of hydrogen-bond acceptors (Lipinski definition) is 5. The van der Waals surface area contributed by atoms with E-state index in [1.807, 2.05) is 0 Å². The third-order valence-electron chi connectivity index (χ3n) is 4.32. The first-order valence-corrected chi connectivity index (χ1v) is 8.15. The summed E-state index contributed by atoms with van der Waals surface area (Å²) in [6.45, 7) is 8.34. The number of ether oxygens (including phenoxy) is 1. The van der Waals surface area contributed by atoms with Gasteiger partial charge in [-0.25, -0.2) is 4.98 Å². The van der Waals surface area contributed by atoms with Crippen molar-refractivity contribution >= 4 is 22.8 Å². The van der Waals surface area contributed by atoms with Crippen LogP contribution in [0.5, 0.6) is 0 Å². The minimum Gasteiger partial charge on any atom is -0.379 e. The summed E-state index contributed by atoms with van der Waals surface area (Å²) in [6.07, 6.45) is 3.30. The average molecular weight is 296 g/mol. The molecule has 2 rings (SSSR count). The number of carbonyl (C=O) groups excluding carboxylic acids is 1. The summed E-state index contributed by atoms with van der Waals surface area (Å²) in [6, 6.07) is 0. The molecule has 5 heteroatoms. The molecule has 0 spiro atoms. The monoisotopic (exact) mass is 296 g/mol. The zero-order valence-corrected chi connectivity index (χ0v) is 13.6. The minimum absolute atomic E-state index is 0.249. The highest BCUT2D eigenvalue weighted by Crippen LogP contribution is 2.33. The van der Waals surface area contributed by atoms with Gasteiger partial charge in [-0.15, -0.1) is 0 Å². The fourth-order valence-corrected chi connectivity index (χ4v) is 3.65. The fraction of sp³-hybridized carbons (Fsp3) is 0.733. The first-order chi connectivity index (χ1) is 9.60. The number of piperidine rings is 1. The molecule has 112 valence electrons. The van der Waals surface area contributed by atoms with E-state index < -0.39 is 0 Å². The van der Waals surface area contributed by atoms with Crippen molar-refractivity contribution in [1.82, 2.24) is 4.98 Å². The van der Waals surface area contributed by atoms with E-state index in [9.17, 15) is 4.79 Å². The molecule has 3 unspecified atom stereocenters. The third kappa shape index (κ3) is 3.04. The molecule has 1 fully saturated rings. The number of aromatic nitrogens is 1. The molecular weight excluding hydrogens is 272 g/mol. The number of rotatable bonds is 5. The van der Waals surface area contributed by atoms with E-state index in [0.29, 0.717) is 11.8 Å². The standard InChI is InChI=1S/C15H24N2O2S/c1-5-10(2)14-13(9-18)20-15(16-14)17-7-6-11(3)12(8-17)19-4/h9-12H,5-8H2,1-4H3. The Morgan fingerprint density at radius 1 is 1.60 bits per heavy atom. The van der Waals surface area contributed by atoms with Crippen LogP contribution in [0, 0.1) is 5.92 Å². The molecule has 1 saturated heterocycles. The van der Waals surface area contributed by atoms with Crippen molar-refractivity contribution in [1.29, 1.82) is 0 Å². The van der Waals surface area contributed by atoms with E-state index in [0.717, 1.165) is 47.9 Å². The molecule has 0 bridgehead atoms. The second-order valence-electron chi connectivity index (χ2n) is 5.66. The van der Waals surface area contributed by atoms with Crippen LogP contribution >= 0.6 is 11.3 Å². The molecule has 2 heterocycles. The summed E-state index contributed by atoms with van der Waals surface area (Å²) < 4.78 is 5.55. The van der Waals surface area contributed by atoms with Gasteiger partial charge in [0, 0.05) is 20.2 Å². The molecule has 0 amide bonds. The van der Waals surface area contributed by atoms with Crippen molar-refractivity contribution < 1.29 is 9.53 Å². The van der Waals surface area contributed by atoms with Crippen molar-refractivity contribution in [2.75, 3.05) is 25.1 Å². The Hall–Kier alpha value is -0.940. The van der Waals surface area contributed by atoms with E-state index in [1.54, 1.807) is 7.11 Å². The van der Waals surface area contributed by atoms with Crippen LogP contribution in [-0.2, 0) is 4.74 Å². The van der Waals surface area contributed by atoms with Gasteiger partial charge in [-0.1, -0.05) is 32.1 Å². The molecule has 1 aliphatic rings. The van der Waals surface area contributed by atoms with Gasteiger partial charge in [-0.05, 0) is 24.7 Å². The van der Waals surface area contributed by atoms with E-state index in [-0.39, 0.29) is 6.10 Å². The van der Waals surface area contributed by atoms with E-state index in [4.69, 9.17) is 9.72 Å². The van der Waals surface area contributed by atoms with E-state index in [1.165, 1.54) is 11.3 Å². The second kappa shape index (κ2) is 6.68. The number of nitrogens with zero attached hydrogens (tertiary/aromatic N) is 2. The molecule has 1 aromatic rings. The lowest BCUT2D eigenvalue weighted by Gasteiger charge is -2.36. The van der Waals surface area contributed by atoms with Gasteiger partial charge in [0.15, 0.2) is 11.4 Å². The number of carbonyl (C=O) groups is 1. The lowest BCUT2D eigenvalue weighted by molar-refractivity contribution is 0.0498. The molecule has 0 N–H and O–H groups in total. The highest BCUT2D eigenvalue weighted by molar-refractivity contribution is 7.17. The van der Waals surface area contributed by atoms with Crippen LogP contribution in [0.15, 0.2) is 0 Å². The largest absolute Gasteiger partial charge is 0.379 e. The van der Waals surface area contributed by atoms with Crippen LogP contribution in [-0.4, -0.2) is 37.6 Å². The summed E-state index contributed by atoms with van der Waals surface area (Å²) >= 11 is 1.51. The van der Waals surface area contributed by atoms with E-state index in [2.05, 4.69) is 25.7 Å². The Morgan fingerprint density at radius 3 is 2.95 bits per heavy atom. The van der Waals surface area contributed by atoms with Crippen LogP contribution in [0.2, 0.25) is 0 Å². The molecule has 0 aliphatic carbocycles. The lowest BCUT2D eigenvalue weighted by atomic mass is 9.96. The molecule has 1 aromatic heterocycles. The van der Waals surface area contributed by atoms with Gasteiger partial charge < -0.3 is 9.64 Å². The van der Waals surface area contributed by atoms with Crippen molar-refractivity contribution in [2.24, 2.45) is 5.92 Å². The Morgan fingerprint density at radius 2 is 2.35 bits per heavy atom. The summed E-state index contributed by atoms with van der Waals surface area (Å²) in [7, 11) is 1.77. The molecular formula is C15H24N2O2S. The fourth-order valence-electron chi connectivity index (χ4n) is 2.61. The first-order valence-electron chi connectivity index (χ1n) is 7.34. The minimum atomic E-state index is 0.249. The number of anilines is 1. The average Bonchev–Trinajstić information content (AvgIpc) is 2.91. The molecule has 20 heavy (non-hydrogen) atoms. The smallest absolute Gasteiger partial charge is 0.186 e. The SMILES string of the molecule is CCC(C)c1nc(N2CCC(C)C(OC)C2)sc1C=O. The van der Waals surface area contributed by atoms with Gasteiger partial charge >= 0.3 is 0 Å². The summed E-state index contributed by atoms with van der Waals surface area (Å²) in [5.74, 6) is 0.915. The normalized spacial score (nSPS) is 24.7. The molecule has 1 aliphatic heterocycles.